The predicted molar refractivity (Wildman–Crippen MR) is 51.7 cm³/mol. The van der Waals surface area contributed by atoms with Crippen molar-refractivity contribution in [2.75, 3.05) is 6.61 Å². The highest BCUT2D eigenvalue weighted by molar-refractivity contribution is 5.35. The number of aryl methyl sites for hydroxylation is 2. The molecule has 14 heavy (non-hydrogen) atoms. The van der Waals surface area contributed by atoms with Crippen LogP contribution in [-0.4, -0.2) is 27.5 Å². The first-order valence-electron chi connectivity index (χ1n) is 4.46. The van der Waals surface area contributed by atoms with Gasteiger partial charge >= 0.3 is 0 Å². The van der Waals surface area contributed by atoms with Gasteiger partial charge in [-0.15, -0.1) is 0 Å². The smallest absolute Gasteiger partial charge is 0.123 e. The molecule has 0 aliphatic heterocycles. The molecule has 1 aromatic heterocycles. The van der Waals surface area contributed by atoms with Crippen LogP contribution in [0.2, 0.25) is 0 Å². The molecule has 1 aromatic rings. The molecule has 0 radical (unpaired) electrons. The van der Waals surface area contributed by atoms with E-state index < -0.39 is 6.10 Å². The number of nitriles is 1. The summed E-state index contributed by atoms with van der Waals surface area (Å²) in [5.41, 5.74) is 2.37. The quantitative estimate of drug-likeness (QED) is 0.728. The third-order valence-corrected chi connectivity index (χ3v) is 2.20. The van der Waals surface area contributed by atoms with Crippen molar-refractivity contribution < 1.29 is 10.2 Å². The van der Waals surface area contributed by atoms with Gasteiger partial charge in [0.2, 0.25) is 0 Å². The van der Waals surface area contributed by atoms with Gasteiger partial charge in [-0.25, -0.2) is 0 Å². The normalized spacial score (nSPS) is 12.5. The molecule has 0 saturated carbocycles. The Hall–Kier alpha value is -1.31. The molecule has 0 bridgehead atoms. The van der Waals surface area contributed by atoms with Gasteiger partial charge in [-0.3, -0.25) is 0 Å². The van der Waals surface area contributed by atoms with E-state index in [1.54, 1.807) is 4.57 Å². The van der Waals surface area contributed by atoms with Gasteiger partial charge in [0.1, 0.15) is 11.8 Å². The zero-order valence-electron chi connectivity index (χ0n) is 8.36. The fourth-order valence-corrected chi connectivity index (χ4v) is 1.50. The Morgan fingerprint density at radius 2 is 2.21 bits per heavy atom. The number of aliphatic hydroxyl groups is 2. The summed E-state index contributed by atoms with van der Waals surface area (Å²) >= 11 is 0. The molecule has 0 fully saturated rings. The summed E-state index contributed by atoms with van der Waals surface area (Å²) in [5, 5.41) is 26.9. The van der Waals surface area contributed by atoms with Gasteiger partial charge in [-0.05, 0) is 25.5 Å². The summed E-state index contributed by atoms with van der Waals surface area (Å²) in [6.45, 7) is 3.70. The van der Waals surface area contributed by atoms with Crippen LogP contribution in [-0.2, 0) is 6.54 Å². The minimum Gasteiger partial charge on any atom is -0.394 e. The highest BCUT2D eigenvalue weighted by Gasteiger charge is 2.12. The molecular weight excluding hydrogens is 180 g/mol. The standard InChI is InChI=1S/C10H14N2O2/c1-7-3-8(2)12(10(7)4-11)5-9(14)6-13/h3,9,13-14H,5-6H2,1-2H3. The van der Waals surface area contributed by atoms with E-state index in [0.29, 0.717) is 5.69 Å². The van der Waals surface area contributed by atoms with Crippen LogP contribution in [0, 0.1) is 25.2 Å². The third kappa shape index (κ3) is 1.95. The molecule has 4 heteroatoms. The van der Waals surface area contributed by atoms with Gasteiger partial charge in [-0.2, -0.15) is 5.26 Å². The summed E-state index contributed by atoms with van der Waals surface area (Å²) in [7, 11) is 0. The largest absolute Gasteiger partial charge is 0.394 e. The van der Waals surface area contributed by atoms with Crippen molar-refractivity contribution in [2.45, 2.75) is 26.5 Å². The van der Waals surface area contributed by atoms with Crippen molar-refractivity contribution in [2.24, 2.45) is 0 Å². The van der Waals surface area contributed by atoms with E-state index >= 15 is 0 Å². The second-order valence-electron chi connectivity index (χ2n) is 3.38. The zero-order valence-corrected chi connectivity index (χ0v) is 8.36. The second kappa shape index (κ2) is 4.27. The van der Waals surface area contributed by atoms with Crippen LogP contribution < -0.4 is 0 Å². The van der Waals surface area contributed by atoms with Crippen LogP contribution in [0.5, 0.6) is 0 Å². The van der Waals surface area contributed by atoms with Crippen molar-refractivity contribution in [3.05, 3.63) is 23.0 Å². The van der Waals surface area contributed by atoms with E-state index in [4.69, 9.17) is 10.4 Å². The fourth-order valence-electron chi connectivity index (χ4n) is 1.50. The zero-order chi connectivity index (χ0) is 10.7. The van der Waals surface area contributed by atoms with Crippen molar-refractivity contribution in [1.29, 1.82) is 5.26 Å². The van der Waals surface area contributed by atoms with E-state index in [2.05, 4.69) is 6.07 Å². The summed E-state index contributed by atoms with van der Waals surface area (Å²) in [5.74, 6) is 0. The van der Waals surface area contributed by atoms with Gasteiger partial charge in [0.15, 0.2) is 0 Å². The Kier molecular flexibility index (Phi) is 3.28. The molecule has 4 nitrogen and oxygen atoms in total. The molecule has 76 valence electrons. The SMILES string of the molecule is Cc1cc(C)n(CC(O)CO)c1C#N. The van der Waals surface area contributed by atoms with Crippen molar-refractivity contribution in [1.82, 2.24) is 4.57 Å². The molecular formula is C10H14N2O2. The first kappa shape index (κ1) is 10.8. The maximum Gasteiger partial charge on any atom is 0.123 e. The van der Waals surface area contributed by atoms with Crippen molar-refractivity contribution in [3.8, 4) is 6.07 Å². The highest BCUT2D eigenvalue weighted by atomic mass is 16.3. The van der Waals surface area contributed by atoms with E-state index in [1.165, 1.54) is 0 Å². The molecule has 2 N–H and O–H groups in total. The number of rotatable bonds is 3. The Morgan fingerprint density at radius 1 is 1.57 bits per heavy atom. The third-order valence-electron chi connectivity index (χ3n) is 2.20. The molecule has 0 aromatic carbocycles. The van der Waals surface area contributed by atoms with Crippen LogP contribution in [0.4, 0.5) is 0 Å². The van der Waals surface area contributed by atoms with Gasteiger partial charge in [0.25, 0.3) is 0 Å². The molecule has 1 rings (SSSR count). The van der Waals surface area contributed by atoms with Crippen molar-refractivity contribution >= 4 is 0 Å². The fraction of sp³-hybridized carbons (Fsp3) is 0.500. The van der Waals surface area contributed by atoms with Crippen LogP contribution in [0.25, 0.3) is 0 Å². The number of hydrogen-bond acceptors (Lipinski definition) is 3. The first-order chi connectivity index (χ1) is 6.60. The summed E-state index contributed by atoms with van der Waals surface area (Å²) in [4.78, 5) is 0. The second-order valence-corrected chi connectivity index (χ2v) is 3.38. The number of aliphatic hydroxyl groups excluding tert-OH is 2. The number of nitrogens with zero attached hydrogens (tertiary/aromatic N) is 2. The minimum absolute atomic E-state index is 0.263. The van der Waals surface area contributed by atoms with Gasteiger partial charge in [0, 0.05) is 5.69 Å². The monoisotopic (exact) mass is 194 g/mol. The Balaban J connectivity index is 3.02. The highest BCUT2D eigenvalue weighted by Crippen LogP contribution is 2.14. The van der Waals surface area contributed by atoms with Gasteiger partial charge < -0.3 is 14.8 Å². The molecule has 0 aliphatic rings. The summed E-state index contributed by atoms with van der Waals surface area (Å²) in [6, 6.07) is 3.98. The maximum absolute atomic E-state index is 9.28. The topological polar surface area (TPSA) is 69.2 Å². The first-order valence-corrected chi connectivity index (χ1v) is 4.46. The van der Waals surface area contributed by atoms with Crippen LogP contribution in [0.15, 0.2) is 6.07 Å². The average Bonchev–Trinajstić information content (AvgIpc) is 2.41. The minimum atomic E-state index is -0.812. The van der Waals surface area contributed by atoms with Crippen LogP contribution in [0.3, 0.4) is 0 Å². The molecule has 0 spiro atoms. The lowest BCUT2D eigenvalue weighted by Gasteiger charge is -2.11. The van der Waals surface area contributed by atoms with E-state index in [0.717, 1.165) is 11.3 Å². The predicted octanol–water partition coefficient (Wildman–Crippen LogP) is 0.330. The molecule has 1 heterocycles. The molecule has 1 unspecified atom stereocenters. The van der Waals surface area contributed by atoms with E-state index in [1.807, 2.05) is 19.9 Å². The lowest BCUT2D eigenvalue weighted by Crippen LogP contribution is -2.21. The number of aromatic nitrogens is 1. The Labute approximate surface area is 83.0 Å². The van der Waals surface area contributed by atoms with Crippen molar-refractivity contribution in [3.63, 3.8) is 0 Å². The van der Waals surface area contributed by atoms with Crippen LogP contribution in [0.1, 0.15) is 17.0 Å². The van der Waals surface area contributed by atoms with E-state index in [9.17, 15) is 5.11 Å². The lowest BCUT2D eigenvalue weighted by atomic mass is 10.3. The van der Waals surface area contributed by atoms with Gasteiger partial charge in [0.05, 0.1) is 19.3 Å². The Morgan fingerprint density at radius 3 is 2.71 bits per heavy atom. The average molecular weight is 194 g/mol. The lowest BCUT2D eigenvalue weighted by molar-refractivity contribution is 0.0806. The van der Waals surface area contributed by atoms with Crippen LogP contribution >= 0.6 is 0 Å². The summed E-state index contributed by atoms with van der Waals surface area (Å²) in [6.07, 6.45) is -0.812. The molecule has 1 atom stereocenters. The van der Waals surface area contributed by atoms with E-state index in [-0.39, 0.29) is 13.2 Å². The maximum atomic E-state index is 9.28. The van der Waals surface area contributed by atoms with Gasteiger partial charge in [-0.1, -0.05) is 0 Å². The number of hydrogen-bond donors (Lipinski definition) is 2. The molecule has 0 saturated heterocycles. The summed E-state index contributed by atoms with van der Waals surface area (Å²) < 4.78 is 1.72. The molecule has 0 amide bonds. The molecule has 0 aliphatic carbocycles. The Bertz CT molecular complexity index is 363.